The van der Waals surface area contributed by atoms with Crippen LogP contribution >= 0.6 is 0 Å². The lowest BCUT2D eigenvalue weighted by Gasteiger charge is -1.82. The summed E-state index contributed by atoms with van der Waals surface area (Å²) in [6.45, 7) is 0. The highest BCUT2D eigenvalue weighted by Gasteiger charge is 1.80. The molecular weight excluding hydrogens is 190 g/mol. The number of hydrogen-bond donors (Lipinski definition) is 1. The molecule has 0 saturated carbocycles. The van der Waals surface area contributed by atoms with Crippen LogP contribution < -0.4 is 5.73 Å². The molecule has 0 aliphatic heterocycles. The van der Waals surface area contributed by atoms with Crippen LogP contribution in [-0.2, 0) is 0 Å². The minimum Gasteiger partial charge on any atom is -0.396 e. The van der Waals surface area contributed by atoms with Gasteiger partial charge in [0, 0.05) is 5.56 Å². The molecule has 0 unspecified atom stereocenters. The average molecular weight is 201 g/mol. The van der Waals surface area contributed by atoms with Gasteiger partial charge in [0.15, 0.2) is 0 Å². The van der Waals surface area contributed by atoms with Crippen molar-refractivity contribution in [3.8, 4) is 0 Å². The standard InChI is InChI=1S/C7H6O.C4H5N3/c8-6-7-4-2-1-3-5-7;5-4-1-6-3-7-2-4/h1-6H;1-3H,5H2. The number of anilines is 1. The van der Waals surface area contributed by atoms with Gasteiger partial charge in [0.05, 0.1) is 18.1 Å². The molecule has 1 heterocycles. The van der Waals surface area contributed by atoms with Crippen molar-refractivity contribution in [1.82, 2.24) is 9.97 Å². The van der Waals surface area contributed by atoms with Gasteiger partial charge in [0.25, 0.3) is 0 Å². The monoisotopic (exact) mass is 201 g/mol. The molecule has 0 radical (unpaired) electrons. The number of nitrogens with two attached hydrogens (primary N) is 1. The van der Waals surface area contributed by atoms with Crippen LogP contribution in [0.4, 0.5) is 5.69 Å². The van der Waals surface area contributed by atoms with Crippen molar-refractivity contribution in [2.24, 2.45) is 0 Å². The minimum absolute atomic E-state index is 0.600. The first-order valence-corrected chi connectivity index (χ1v) is 4.33. The molecule has 0 fully saturated rings. The van der Waals surface area contributed by atoms with Gasteiger partial charge >= 0.3 is 0 Å². The molecule has 0 amide bonds. The van der Waals surface area contributed by atoms with E-state index in [2.05, 4.69) is 9.97 Å². The number of carbonyl (C=O) groups is 1. The Kier molecular flexibility index (Phi) is 4.53. The van der Waals surface area contributed by atoms with E-state index >= 15 is 0 Å². The summed E-state index contributed by atoms with van der Waals surface area (Å²) in [5, 5.41) is 0. The van der Waals surface area contributed by atoms with E-state index in [1.165, 1.54) is 6.33 Å². The van der Waals surface area contributed by atoms with E-state index in [4.69, 9.17) is 5.73 Å². The van der Waals surface area contributed by atoms with E-state index in [9.17, 15) is 4.79 Å². The van der Waals surface area contributed by atoms with Crippen LogP contribution in [0.15, 0.2) is 49.1 Å². The molecule has 0 atom stereocenters. The van der Waals surface area contributed by atoms with Crippen LogP contribution in [0.1, 0.15) is 10.4 Å². The van der Waals surface area contributed by atoms with Crippen molar-refractivity contribution in [3.63, 3.8) is 0 Å². The van der Waals surface area contributed by atoms with Crippen molar-refractivity contribution in [1.29, 1.82) is 0 Å². The van der Waals surface area contributed by atoms with E-state index in [0.717, 1.165) is 11.8 Å². The number of carbonyl (C=O) groups excluding carboxylic acids is 1. The van der Waals surface area contributed by atoms with Gasteiger partial charge in [-0.3, -0.25) is 4.79 Å². The van der Waals surface area contributed by atoms with Crippen molar-refractivity contribution < 1.29 is 4.79 Å². The Bertz CT molecular complexity index is 389. The van der Waals surface area contributed by atoms with E-state index in [-0.39, 0.29) is 0 Å². The molecule has 0 saturated heterocycles. The highest BCUT2D eigenvalue weighted by molar-refractivity contribution is 5.74. The molecule has 1 aromatic carbocycles. The Hall–Kier alpha value is -2.23. The summed E-state index contributed by atoms with van der Waals surface area (Å²) in [7, 11) is 0. The second-order valence-corrected chi connectivity index (χ2v) is 2.70. The Morgan fingerprint density at radius 1 is 1.07 bits per heavy atom. The van der Waals surface area contributed by atoms with Gasteiger partial charge in [0.1, 0.15) is 12.6 Å². The predicted octanol–water partition coefficient (Wildman–Crippen LogP) is 1.56. The van der Waals surface area contributed by atoms with Crippen LogP contribution in [0.5, 0.6) is 0 Å². The van der Waals surface area contributed by atoms with E-state index < -0.39 is 0 Å². The molecule has 0 aliphatic rings. The molecule has 4 heteroatoms. The topological polar surface area (TPSA) is 68.9 Å². The van der Waals surface area contributed by atoms with Crippen LogP contribution in [-0.4, -0.2) is 16.3 Å². The summed E-state index contributed by atoms with van der Waals surface area (Å²) in [5.41, 5.74) is 6.56. The largest absolute Gasteiger partial charge is 0.396 e. The zero-order valence-corrected chi connectivity index (χ0v) is 8.08. The minimum atomic E-state index is 0.600. The smallest absolute Gasteiger partial charge is 0.150 e. The lowest BCUT2D eigenvalue weighted by atomic mass is 10.2. The van der Waals surface area contributed by atoms with E-state index in [1.54, 1.807) is 24.5 Å². The van der Waals surface area contributed by atoms with Crippen LogP contribution in [0.25, 0.3) is 0 Å². The van der Waals surface area contributed by atoms with Gasteiger partial charge < -0.3 is 5.73 Å². The maximum atomic E-state index is 10.0. The van der Waals surface area contributed by atoms with Crippen molar-refractivity contribution in [3.05, 3.63) is 54.6 Å². The first-order chi connectivity index (χ1) is 7.33. The third kappa shape index (κ3) is 4.52. The summed E-state index contributed by atoms with van der Waals surface area (Å²) in [6.07, 6.45) is 5.37. The number of aromatic nitrogens is 2. The highest BCUT2D eigenvalue weighted by atomic mass is 16.1. The summed E-state index contributed by atoms with van der Waals surface area (Å²) in [6, 6.07) is 9.10. The highest BCUT2D eigenvalue weighted by Crippen LogP contribution is 1.91. The SMILES string of the molecule is Nc1cncnc1.O=Cc1ccccc1. The fourth-order valence-electron chi connectivity index (χ4n) is 0.842. The second-order valence-electron chi connectivity index (χ2n) is 2.70. The predicted molar refractivity (Wildman–Crippen MR) is 58.3 cm³/mol. The number of nitrogens with zero attached hydrogens (tertiary/aromatic N) is 2. The maximum Gasteiger partial charge on any atom is 0.150 e. The Morgan fingerprint density at radius 2 is 1.67 bits per heavy atom. The maximum absolute atomic E-state index is 10.0. The van der Waals surface area contributed by atoms with Crippen LogP contribution in [0, 0.1) is 0 Å². The van der Waals surface area contributed by atoms with E-state index in [0.29, 0.717) is 5.69 Å². The fraction of sp³-hybridized carbons (Fsp3) is 0. The molecule has 0 aliphatic carbocycles. The van der Waals surface area contributed by atoms with Crippen molar-refractivity contribution in [2.45, 2.75) is 0 Å². The molecule has 1 aromatic heterocycles. The molecule has 0 bridgehead atoms. The van der Waals surface area contributed by atoms with Gasteiger partial charge in [-0.1, -0.05) is 30.3 Å². The molecule has 0 spiro atoms. The number of nitrogen functional groups attached to an aromatic ring is 1. The number of aldehydes is 1. The second kappa shape index (κ2) is 6.26. The Balaban J connectivity index is 0.000000151. The average Bonchev–Trinajstić information content (AvgIpc) is 2.32. The molecule has 2 N–H and O–H groups in total. The fourth-order valence-corrected chi connectivity index (χ4v) is 0.842. The van der Waals surface area contributed by atoms with Gasteiger partial charge in [-0.05, 0) is 0 Å². The Labute approximate surface area is 87.8 Å². The summed E-state index contributed by atoms with van der Waals surface area (Å²) < 4.78 is 0. The number of benzene rings is 1. The quantitative estimate of drug-likeness (QED) is 0.711. The van der Waals surface area contributed by atoms with Crippen LogP contribution in [0.2, 0.25) is 0 Å². The van der Waals surface area contributed by atoms with Crippen molar-refractivity contribution >= 4 is 12.0 Å². The molecular formula is C11H11N3O. The van der Waals surface area contributed by atoms with Gasteiger partial charge in [-0.15, -0.1) is 0 Å². The first-order valence-electron chi connectivity index (χ1n) is 4.33. The van der Waals surface area contributed by atoms with Gasteiger partial charge in [0.2, 0.25) is 0 Å². The molecule has 2 rings (SSSR count). The van der Waals surface area contributed by atoms with Crippen LogP contribution in [0.3, 0.4) is 0 Å². The normalized spacial score (nSPS) is 8.53. The Morgan fingerprint density at radius 3 is 2.00 bits per heavy atom. The molecule has 15 heavy (non-hydrogen) atoms. The number of rotatable bonds is 1. The lowest BCUT2D eigenvalue weighted by molar-refractivity contribution is 0.112. The molecule has 2 aromatic rings. The van der Waals surface area contributed by atoms with E-state index in [1.807, 2.05) is 18.2 Å². The third-order valence-electron chi connectivity index (χ3n) is 1.52. The third-order valence-corrected chi connectivity index (χ3v) is 1.52. The molecule has 76 valence electrons. The summed E-state index contributed by atoms with van der Waals surface area (Å²) >= 11 is 0. The summed E-state index contributed by atoms with van der Waals surface area (Å²) in [5.74, 6) is 0. The van der Waals surface area contributed by atoms with Gasteiger partial charge in [-0.2, -0.15) is 0 Å². The first kappa shape index (κ1) is 10.8. The van der Waals surface area contributed by atoms with Gasteiger partial charge in [-0.25, -0.2) is 9.97 Å². The lowest BCUT2D eigenvalue weighted by Crippen LogP contribution is -1.85. The molecule has 4 nitrogen and oxygen atoms in total. The zero-order valence-electron chi connectivity index (χ0n) is 8.08. The summed E-state index contributed by atoms with van der Waals surface area (Å²) in [4.78, 5) is 17.3. The van der Waals surface area contributed by atoms with Crippen molar-refractivity contribution in [2.75, 3.05) is 5.73 Å². The zero-order chi connectivity index (χ0) is 10.9. The number of hydrogen-bond acceptors (Lipinski definition) is 4.